The molecule has 2 unspecified atom stereocenters. The number of benzene rings is 4. The summed E-state index contributed by atoms with van der Waals surface area (Å²) in [4.78, 5) is 0. The quantitative estimate of drug-likeness (QED) is 0.343. The third-order valence-electron chi connectivity index (χ3n) is 5.84. The van der Waals surface area contributed by atoms with E-state index in [1.165, 1.54) is 0 Å². The standard InChI is InChI=1S/C27H24NO3P/c1-18-16-19(2)26(29)23(17-18)27(28-20-10-4-3-5-11-20)32(30)25-15-9-7-13-22(25)21-12-6-8-14-24(21)31-32/h3-17,27-29H,1-2H3. The van der Waals surface area contributed by atoms with Crippen molar-refractivity contribution in [2.24, 2.45) is 0 Å². The van der Waals surface area contributed by atoms with Gasteiger partial charge in [0.15, 0.2) is 0 Å². The molecule has 1 heterocycles. The van der Waals surface area contributed by atoms with Crippen LogP contribution in [0.5, 0.6) is 11.5 Å². The SMILES string of the molecule is Cc1cc(C)c(O)c(C(Nc2ccccc2)P2(=O)Oc3ccccc3-c3ccccc32)c1. The molecule has 1 aliphatic rings. The van der Waals surface area contributed by atoms with E-state index in [-0.39, 0.29) is 5.75 Å². The number of nitrogens with one attached hydrogen (secondary N) is 1. The first-order valence-electron chi connectivity index (χ1n) is 10.6. The van der Waals surface area contributed by atoms with Gasteiger partial charge in [0, 0.05) is 16.8 Å². The summed E-state index contributed by atoms with van der Waals surface area (Å²) in [5, 5.41) is 15.1. The third-order valence-corrected chi connectivity index (χ3v) is 8.45. The van der Waals surface area contributed by atoms with Crippen molar-refractivity contribution in [3.8, 4) is 22.6 Å². The van der Waals surface area contributed by atoms with Crippen LogP contribution in [0.1, 0.15) is 22.5 Å². The van der Waals surface area contributed by atoms with Crippen LogP contribution in [0.4, 0.5) is 5.69 Å². The molecule has 160 valence electrons. The van der Waals surface area contributed by atoms with E-state index in [2.05, 4.69) is 5.32 Å². The largest absolute Gasteiger partial charge is 0.507 e. The first kappa shape index (κ1) is 20.4. The molecule has 0 amide bonds. The Morgan fingerprint density at radius 3 is 2.28 bits per heavy atom. The van der Waals surface area contributed by atoms with Crippen LogP contribution in [0, 0.1) is 13.8 Å². The Morgan fingerprint density at radius 2 is 1.50 bits per heavy atom. The molecule has 0 saturated heterocycles. The zero-order valence-corrected chi connectivity index (χ0v) is 18.8. The predicted octanol–water partition coefficient (Wildman–Crippen LogP) is 6.78. The number of rotatable bonds is 4. The average Bonchev–Trinajstić information content (AvgIpc) is 2.81. The van der Waals surface area contributed by atoms with Crippen LogP contribution < -0.4 is 15.1 Å². The molecule has 32 heavy (non-hydrogen) atoms. The fourth-order valence-corrected chi connectivity index (χ4v) is 7.01. The number of fused-ring (bicyclic) bond motifs is 3. The summed E-state index contributed by atoms with van der Waals surface area (Å²) in [5.74, 6) is -0.0736. The summed E-state index contributed by atoms with van der Waals surface area (Å²) in [6.45, 7) is 3.82. The summed E-state index contributed by atoms with van der Waals surface area (Å²) in [6, 6.07) is 28.7. The van der Waals surface area contributed by atoms with Gasteiger partial charge in [0.1, 0.15) is 17.3 Å². The summed E-state index contributed by atoms with van der Waals surface area (Å²) in [5.41, 5.74) is 4.87. The monoisotopic (exact) mass is 441 g/mol. The Balaban J connectivity index is 1.76. The highest BCUT2D eigenvalue weighted by molar-refractivity contribution is 7.68. The number of hydrogen-bond donors (Lipinski definition) is 2. The Bertz CT molecular complexity index is 1350. The highest BCUT2D eigenvalue weighted by Gasteiger charge is 2.45. The molecular weight excluding hydrogens is 417 g/mol. The van der Waals surface area contributed by atoms with E-state index in [0.717, 1.165) is 27.9 Å². The first-order valence-corrected chi connectivity index (χ1v) is 12.3. The van der Waals surface area contributed by atoms with Crippen LogP contribution in [0.25, 0.3) is 11.1 Å². The van der Waals surface area contributed by atoms with Gasteiger partial charge in [-0.1, -0.05) is 66.2 Å². The van der Waals surface area contributed by atoms with Crippen LogP contribution in [-0.4, -0.2) is 5.11 Å². The van der Waals surface area contributed by atoms with Crippen LogP contribution in [0.2, 0.25) is 0 Å². The van der Waals surface area contributed by atoms with Gasteiger partial charge in [0.05, 0.1) is 5.30 Å². The van der Waals surface area contributed by atoms with Crippen molar-refractivity contribution < 1.29 is 14.2 Å². The predicted molar refractivity (Wildman–Crippen MR) is 130 cm³/mol. The smallest absolute Gasteiger partial charge is 0.304 e. The molecule has 2 atom stereocenters. The lowest BCUT2D eigenvalue weighted by Gasteiger charge is -2.35. The fourth-order valence-electron chi connectivity index (χ4n) is 4.37. The van der Waals surface area contributed by atoms with E-state index in [0.29, 0.717) is 16.6 Å². The van der Waals surface area contributed by atoms with Gasteiger partial charge in [-0.05, 0) is 55.3 Å². The minimum absolute atomic E-state index is 0.124. The number of anilines is 1. The Hall–Kier alpha value is -3.49. The molecule has 0 bridgehead atoms. The molecule has 0 radical (unpaired) electrons. The molecule has 0 aliphatic carbocycles. The van der Waals surface area contributed by atoms with Crippen molar-refractivity contribution in [2.45, 2.75) is 19.6 Å². The van der Waals surface area contributed by atoms with Crippen molar-refractivity contribution in [2.75, 3.05) is 5.32 Å². The van der Waals surface area contributed by atoms with Crippen molar-refractivity contribution in [1.82, 2.24) is 0 Å². The summed E-state index contributed by atoms with van der Waals surface area (Å²) >= 11 is 0. The molecule has 5 heteroatoms. The lowest BCUT2D eigenvalue weighted by molar-refractivity contribution is 0.455. The third kappa shape index (κ3) is 3.37. The second-order valence-electron chi connectivity index (χ2n) is 8.13. The molecule has 4 aromatic carbocycles. The zero-order valence-electron chi connectivity index (χ0n) is 17.9. The molecule has 0 spiro atoms. The highest BCUT2D eigenvalue weighted by Crippen LogP contribution is 2.64. The minimum atomic E-state index is -3.57. The van der Waals surface area contributed by atoms with Crippen LogP contribution in [-0.2, 0) is 4.57 Å². The van der Waals surface area contributed by atoms with Gasteiger partial charge in [-0.2, -0.15) is 0 Å². The van der Waals surface area contributed by atoms with Crippen molar-refractivity contribution in [1.29, 1.82) is 0 Å². The van der Waals surface area contributed by atoms with E-state index < -0.39 is 13.2 Å². The maximum Gasteiger partial charge on any atom is 0.304 e. The van der Waals surface area contributed by atoms with Gasteiger partial charge in [0.25, 0.3) is 0 Å². The molecule has 4 aromatic rings. The van der Waals surface area contributed by atoms with Gasteiger partial charge in [-0.3, -0.25) is 4.57 Å². The van der Waals surface area contributed by atoms with Gasteiger partial charge in [-0.25, -0.2) is 0 Å². The number of phenols is 1. The number of aromatic hydroxyl groups is 1. The van der Waals surface area contributed by atoms with Gasteiger partial charge < -0.3 is 14.9 Å². The molecule has 4 nitrogen and oxygen atoms in total. The maximum atomic E-state index is 14.9. The summed E-state index contributed by atoms with van der Waals surface area (Å²) in [7, 11) is -3.57. The Labute approximate surface area is 188 Å². The first-order chi connectivity index (χ1) is 15.5. The summed E-state index contributed by atoms with van der Waals surface area (Å²) < 4.78 is 21.3. The Kier molecular flexibility index (Phi) is 5.03. The van der Waals surface area contributed by atoms with Crippen molar-refractivity contribution in [3.05, 3.63) is 108 Å². The van der Waals surface area contributed by atoms with E-state index in [1.54, 1.807) is 0 Å². The van der Waals surface area contributed by atoms with Gasteiger partial charge >= 0.3 is 7.37 Å². The number of phenolic OH excluding ortho intramolecular Hbond substituents is 1. The normalized spacial score (nSPS) is 17.6. The van der Waals surface area contributed by atoms with Crippen LogP contribution >= 0.6 is 7.37 Å². The van der Waals surface area contributed by atoms with Crippen LogP contribution in [0.3, 0.4) is 0 Å². The van der Waals surface area contributed by atoms with Gasteiger partial charge in [-0.15, -0.1) is 0 Å². The summed E-state index contributed by atoms with van der Waals surface area (Å²) in [6.07, 6.45) is 0. The second-order valence-corrected chi connectivity index (χ2v) is 10.5. The molecule has 1 aliphatic heterocycles. The van der Waals surface area contributed by atoms with E-state index >= 15 is 0 Å². The van der Waals surface area contributed by atoms with E-state index in [1.807, 2.05) is 105 Å². The van der Waals surface area contributed by atoms with Crippen LogP contribution in [0.15, 0.2) is 91.0 Å². The topological polar surface area (TPSA) is 58.6 Å². The fraction of sp³-hybridized carbons (Fsp3) is 0.111. The molecular formula is C27H24NO3P. The minimum Gasteiger partial charge on any atom is -0.507 e. The lowest BCUT2D eigenvalue weighted by atomic mass is 10.0. The zero-order chi connectivity index (χ0) is 22.3. The molecule has 5 rings (SSSR count). The van der Waals surface area contributed by atoms with Crippen molar-refractivity contribution in [3.63, 3.8) is 0 Å². The molecule has 0 aromatic heterocycles. The molecule has 0 fully saturated rings. The highest BCUT2D eigenvalue weighted by atomic mass is 31.2. The average molecular weight is 441 g/mol. The van der Waals surface area contributed by atoms with Gasteiger partial charge in [0.2, 0.25) is 0 Å². The second kappa shape index (κ2) is 7.89. The van der Waals surface area contributed by atoms with E-state index in [4.69, 9.17) is 4.52 Å². The maximum absolute atomic E-state index is 14.9. The molecule has 2 N–H and O–H groups in total. The van der Waals surface area contributed by atoms with Crippen molar-refractivity contribution >= 4 is 18.4 Å². The van der Waals surface area contributed by atoms with E-state index in [9.17, 15) is 9.67 Å². The lowest BCUT2D eigenvalue weighted by Crippen LogP contribution is -2.26. The number of aryl methyl sites for hydroxylation is 2. The number of hydrogen-bond acceptors (Lipinski definition) is 4. The Morgan fingerprint density at radius 1 is 0.844 bits per heavy atom. The number of para-hydroxylation sites is 2. The molecule has 0 saturated carbocycles.